The van der Waals surface area contributed by atoms with E-state index in [1.807, 2.05) is 24.9 Å². The minimum Gasteiger partial charge on any atom is -0.337 e. The van der Waals surface area contributed by atoms with E-state index in [1.165, 1.54) is 10.4 Å². The molecule has 0 unspecified atom stereocenters. The van der Waals surface area contributed by atoms with Crippen molar-refractivity contribution in [2.45, 2.75) is 19.5 Å². The Labute approximate surface area is 121 Å². The zero-order valence-electron chi connectivity index (χ0n) is 11.1. The SMILES string of the molecule is c1csc(-c2[nH]ncc2CNCCCn2ccnc2)c1. The van der Waals surface area contributed by atoms with Gasteiger partial charge in [-0.3, -0.25) is 5.10 Å². The number of imidazole rings is 1. The molecule has 0 aliphatic carbocycles. The Bertz CT molecular complexity index is 612. The van der Waals surface area contributed by atoms with Crippen molar-refractivity contribution in [1.29, 1.82) is 0 Å². The summed E-state index contributed by atoms with van der Waals surface area (Å²) in [5, 5.41) is 12.8. The molecule has 0 spiro atoms. The van der Waals surface area contributed by atoms with Gasteiger partial charge in [0.15, 0.2) is 0 Å². The largest absolute Gasteiger partial charge is 0.337 e. The van der Waals surface area contributed by atoms with Gasteiger partial charge in [0.2, 0.25) is 0 Å². The number of nitrogens with zero attached hydrogens (tertiary/aromatic N) is 3. The quantitative estimate of drug-likeness (QED) is 0.656. The molecule has 0 aliphatic rings. The van der Waals surface area contributed by atoms with Gasteiger partial charge < -0.3 is 9.88 Å². The van der Waals surface area contributed by atoms with Gasteiger partial charge in [0.1, 0.15) is 0 Å². The molecule has 3 aromatic rings. The van der Waals surface area contributed by atoms with Gasteiger partial charge in [-0.05, 0) is 24.4 Å². The summed E-state index contributed by atoms with van der Waals surface area (Å²) < 4.78 is 2.09. The Hall–Kier alpha value is -1.92. The lowest BCUT2D eigenvalue weighted by Gasteiger charge is -2.05. The standard InChI is InChI=1S/C14H17N5S/c1-3-13(20-8-1)14-12(10-17-18-14)9-15-4-2-6-19-7-5-16-11-19/h1,3,5,7-8,10-11,15H,2,4,6,9H2,(H,17,18). The topological polar surface area (TPSA) is 58.5 Å². The van der Waals surface area contributed by atoms with E-state index in [0.717, 1.165) is 31.7 Å². The van der Waals surface area contributed by atoms with Crippen LogP contribution in [0, 0.1) is 0 Å². The van der Waals surface area contributed by atoms with Gasteiger partial charge in [0.25, 0.3) is 0 Å². The molecule has 20 heavy (non-hydrogen) atoms. The molecule has 3 rings (SSSR count). The van der Waals surface area contributed by atoms with Crippen LogP contribution in [0.4, 0.5) is 0 Å². The number of hydrogen-bond acceptors (Lipinski definition) is 4. The molecule has 0 radical (unpaired) electrons. The number of hydrogen-bond donors (Lipinski definition) is 2. The van der Waals surface area contributed by atoms with Gasteiger partial charge in [-0.15, -0.1) is 11.3 Å². The first kappa shape index (κ1) is 13.1. The molecule has 0 aromatic carbocycles. The third-order valence-electron chi connectivity index (χ3n) is 3.13. The lowest BCUT2D eigenvalue weighted by atomic mass is 10.2. The van der Waals surface area contributed by atoms with Crippen LogP contribution in [-0.4, -0.2) is 26.3 Å². The predicted octanol–water partition coefficient (Wildman–Crippen LogP) is 2.51. The normalized spacial score (nSPS) is 11.0. The first-order valence-electron chi connectivity index (χ1n) is 6.66. The molecule has 3 aromatic heterocycles. The minimum atomic E-state index is 0.841. The van der Waals surface area contributed by atoms with E-state index in [4.69, 9.17) is 0 Å². The van der Waals surface area contributed by atoms with Crippen molar-refractivity contribution in [3.05, 3.63) is 48.0 Å². The average molecular weight is 287 g/mol. The van der Waals surface area contributed by atoms with Gasteiger partial charge in [0.05, 0.1) is 23.1 Å². The van der Waals surface area contributed by atoms with Gasteiger partial charge in [-0.1, -0.05) is 6.07 Å². The Kier molecular flexibility index (Phi) is 4.25. The van der Waals surface area contributed by atoms with Crippen LogP contribution < -0.4 is 5.32 Å². The molecule has 6 heteroatoms. The average Bonchev–Trinajstić information content (AvgIpc) is 3.20. The highest BCUT2D eigenvalue weighted by Crippen LogP contribution is 2.25. The third-order valence-corrected chi connectivity index (χ3v) is 4.02. The molecule has 104 valence electrons. The molecule has 0 atom stereocenters. The van der Waals surface area contributed by atoms with E-state index < -0.39 is 0 Å². The van der Waals surface area contributed by atoms with Crippen LogP contribution in [0.2, 0.25) is 0 Å². The molecule has 3 heterocycles. The Balaban J connectivity index is 1.46. The summed E-state index contributed by atoms with van der Waals surface area (Å²) in [6.07, 6.45) is 8.64. The first-order valence-corrected chi connectivity index (χ1v) is 7.54. The fourth-order valence-corrected chi connectivity index (χ4v) is 2.86. The molecule has 0 aliphatic heterocycles. The summed E-state index contributed by atoms with van der Waals surface area (Å²) in [7, 11) is 0. The van der Waals surface area contributed by atoms with Crippen LogP contribution in [0.25, 0.3) is 10.6 Å². The second-order valence-corrected chi connectivity index (χ2v) is 5.53. The fraction of sp³-hybridized carbons (Fsp3) is 0.286. The van der Waals surface area contributed by atoms with Crippen molar-refractivity contribution in [2.24, 2.45) is 0 Å². The van der Waals surface area contributed by atoms with Crippen LogP contribution >= 0.6 is 11.3 Å². The summed E-state index contributed by atoms with van der Waals surface area (Å²) in [5.41, 5.74) is 2.34. The van der Waals surface area contributed by atoms with E-state index in [1.54, 1.807) is 11.3 Å². The van der Waals surface area contributed by atoms with E-state index in [2.05, 4.69) is 42.6 Å². The number of rotatable bonds is 7. The summed E-state index contributed by atoms with van der Waals surface area (Å²) in [4.78, 5) is 5.27. The van der Waals surface area contributed by atoms with Crippen molar-refractivity contribution in [3.63, 3.8) is 0 Å². The molecule has 0 bridgehead atoms. The summed E-state index contributed by atoms with van der Waals surface area (Å²) in [6.45, 7) is 2.82. The number of aromatic amines is 1. The molecule has 0 saturated heterocycles. The number of aromatic nitrogens is 4. The molecule has 0 fully saturated rings. The maximum Gasteiger partial charge on any atom is 0.0945 e. The van der Waals surface area contributed by atoms with E-state index >= 15 is 0 Å². The number of nitrogens with one attached hydrogen (secondary N) is 2. The van der Waals surface area contributed by atoms with Crippen LogP contribution in [0.15, 0.2) is 42.4 Å². The molecule has 0 amide bonds. The van der Waals surface area contributed by atoms with Crippen molar-refractivity contribution in [2.75, 3.05) is 6.54 Å². The summed E-state index contributed by atoms with van der Waals surface area (Å²) in [6, 6.07) is 4.17. The molecule has 0 saturated carbocycles. The maximum atomic E-state index is 4.15. The highest BCUT2D eigenvalue weighted by atomic mass is 32.1. The smallest absolute Gasteiger partial charge is 0.0945 e. The fourth-order valence-electron chi connectivity index (χ4n) is 2.11. The first-order chi connectivity index (χ1) is 9.93. The zero-order valence-corrected chi connectivity index (χ0v) is 11.9. The molecular weight excluding hydrogens is 270 g/mol. The van der Waals surface area contributed by atoms with Crippen molar-refractivity contribution < 1.29 is 0 Å². The van der Waals surface area contributed by atoms with Crippen LogP contribution in [0.1, 0.15) is 12.0 Å². The molecule has 5 nitrogen and oxygen atoms in total. The van der Waals surface area contributed by atoms with Gasteiger partial charge in [-0.2, -0.15) is 5.10 Å². The van der Waals surface area contributed by atoms with Crippen molar-refractivity contribution in [3.8, 4) is 10.6 Å². The predicted molar refractivity (Wildman–Crippen MR) is 80.5 cm³/mol. The van der Waals surface area contributed by atoms with E-state index in [0.29, 0.717) is 0 Å². The van der Waals surface area contributed by atoms with E-state index in [-0.39, 0.29) is 0 Å². The summed E-state index contributed by atoms with van der Waals surface area (Å²) in [5.74, 6) is 0. The second-order valence-electron chi connectivity index (χ2n) is 4.58. The van der Waals surface area contributed by atoms with Gasteiger partial charge in [0, 0.05) is 31.0 Å². The van der Waals surface area contributed by atoms with Crippen LogP contribution in [0.3, 0.4) is 0 Å². The molecular formula is C14H17N5S. The highest BCUT2D eigenvalue weighted by Gasteiger charge is 2.07. The van der Waals surface area contributed by atoms with Gasteiger partial charge >= 0.3 is 0 Å². The number of aryl methyl sites for hydroxylation is 1. The minimum absolute atomic E-state index is 0.841. The van der Waals surface area contributed by atoms with Crippen LogP contribution in [0.5, 0.6) is 0 Å². The Morgan fingerprint density at radius 3 is 3.20 bits per heavy atom. The number of thiophene rings is 1. The van der Waals surface area contributed by atoms with Crippen molar-refractivity contribution >= 4 is 11.3 Å². The van der Waals surface area contributed by atoms with Crippen LogP contribution in [-0.2, 0) is 13.1 Å². The lowest BCUT2D eigenvalue weighted by molar-refractivity contribution is 0.581. The Morgan fingerprint density at radius 1 is 1.40 bits per heavy atom. The molecule has 2 N–H and O–H groups in total. The van der Waals surface area contributed by atoms with E-state index in [9.17, 15) is 0 Å². The van der Waals surface area contributed by atoms with Gasteiger partial charge in [-0.25, -0.2) is 4.98 Å². The maximum absolute atomic E-state index is 4.15. The zero-order chi connectivity index (χ0) is 13.6. The highest BCUT2D eigenvalue weighted by molar-refractivity contribution is 7.13. The third kappa shape index (κ3) is 3.15. The Morgan fingerprint density at radius 2 is 2.40 bits per heavy atom. The lowest BCUT2D eigenvalue weighted by Crippen LogP contribution is -2.16. The monoisotopic (exact) mass is 287 g/mol. The second kappa shape index (κ2) is 6.49. The summed E-state index contributed by atoms with van der Waals surface area (Å²) >= 11 is 1.73. The van der Waals surface area contributed by atoms with Crippen molar-refractivity contribution in [1.82, 2.24) is 25.1 Å². The number of H-pyrrole nitrogens is 1.